The van der Waals surface area contributed by atoms with Crippen LogP contribution in [0.5, 0.6) is 5.75 Å². The molecule has 1 heterocycles. The number of pyridine rings is 1. The molecule has 0 radical (unpaired) electrons. The Morgan fingerprint density at radius 1 is 1.32 bits per heavy atom. The molecule has 2 rings (SSSR count). The normalized spacial score (nSPS) is 11.6. The summed E-state index contributed by atoms with van der Waals surface area (Å²) in [5.74, 6) is -0.416. The molecule has 0 aliphatic carbocycles. The highest BCUT2D eigenvalue weighted by Crippen LogP contribution is 2.26. The lowest BCUT2D eigenvalue weighted by molar-refractivity contribution is 0.212. The molecule has 0 amide bonds. The average Bonchev–Trinajstić information content (AvgIpc) is 2.46. The minimum absolute atomic E-state index is 0.116. The van der Waals surface area contributed by atoms with E-state index in [1.54, 1.807) is 36.7 Å². The zero-order valence-corrected chi connectivity index (χ0v) is 10.1. The van der Waals surface area contributed by atoms with Gasteiger partial charge >= 0.3 is 0 Å². The second-order valence-electron chi connectivity index (χ2n) is 3.85. The van der Waals surface area contributed by atoms with Crippen molar-refractivity contribution in [3.63, 3.8) is 0 Å². The minimum atomic E-state index is -0.606. The Morgan fingerprint density at radius 2 is 2.05 bits per heavy atom. The smallest absolute Gasteiger partial charge is 0.144 e. The molecule has 0 saturated carbocycles. The standard InChI is InChI=1S/C14H12FN3O/c15-12-2-1-3-13(11(12)8-16)19-14(9-17)10-4-6-18-7-5-10/h1-7,14H,9,17H2. The van der Waals surface area contributed by atoms with Crippen molar-refractivity contribution in [2.24, 2.45) is 5.73 Å². The topological polar surface area (TPSA) is 71.9 Å². The summed E-state index contributed by atoms with van der Waals surface area (Å²) in [5.41, 5.74) is 6.37. The molecule has 1 unspecified atom stereocenters. The molecule has 19 heavy (non-hydrogen) atoms. The number of rotatable bonds is 4. The van der Waals surface area contributed by atoms with Gasteiger partial charge in [0, 0.05) is 18.9 Å². The van der Waals surface area contributed by atoms with Crippen molar-refractivity contribution < 1.29 is 9.13 Å². The van der Waals surface area contributed by atoms with Gasteiger partial charge in [-0.25, -0.2) is 4.39 Å². The summed E-state index contributed by atoms with van der Waals surface area (Å²) >= 11 is 0. The Balaban J connectivity index is 2.30. The number of nitrogens with two attached hydrogens (primary N) is 1. The summed E-state index contributed by atoms with van der Waals surface area (Å²) in [4.78, 5) is 3.91. The largest absolute Gasteiger partial charge is 0.483 e. The van der Waals surface area contributed by atoms with Crippen molar-refractivity contribution in [1.82, 2.24) is 4.98 Å². The highest BCUT2D eigenvalue weighted by Gasteiger charge is 2.15. The Morgan fingerprint density at radius 3 is 2.68 bits per heavy atom. The van der Waals surface area contributed by atoms with Crippen LogP contribution in [0.25, 0.3) is 0 Å². The summed E-state index contributed by atoms with van der Waals surface area (Å²) in [7, 11) is 0. The zero-order valence-electron chi connectivity index (χ0n) is 10.1. The number of hydrogen-bond acceptors (Lipinski definition) is 4. The fourth-order valence-electron chi connectivity index (χ4n) is 1.69. The maximum absolute atomic E-state index is 13.5. The van der Waals surface area contributed by atoms with Crippen LogP contribution in [0, 0.1) is 17.1 Å². The lowest BCUT2D eigenvalue weighted by Crippen LogP contribution is -2.19. The summed E-state index contributed by atoms with van der Waals surface area (Å²) in [6.07, 6.45) is 2.80. The molecule has 2 N–H and O–H groups in total. The number of hydrogen-bond donors (Lipinski definition) is 1. The molecule has 1 aromatic carbocycles. The fourth-order valence-corrected chi connectivity index (χ4v) is 1.69. The van der Waals surface area contributed by atoms with Gasteiger partial charge in [-0.15, -0.1) is 0 Å². The maximum Gasteiger partial charge on any atom is 0.144 e. The van der Waals surface area contributed by atoms with Gasteiger partial charge < -0.3 is 10.5 Å². The average molecular weight is 257 g/mol. The fraction of sp³-hybridized carbons (Fsp3) is 0.143. The monoisotopic (exact) mass is 257 g/mol. The number of ether oxygens (including phenoxy) is 1. The van der Waals surface area contributed by atoms with E-state index in [0.717, 1.165) is 5.56 Å². The van der Waals surface area contributed by atoms with Crippen molar-refractivity contribution in [1.29, 1.82) is 5.26 Å². The highest BCUT2D eigenvalue weighted by atomic mass is 19.1. The molecule has 0 fully saturated rings. The van der Waals surface area contributed by atoms with Crippen molar-refractivity contribution in [2.45, 2.75) is 6.10 Å². The molecule has 2 aromatic rings. The second-order valence-corrected chi connectivity index (χ2v) is 3.85. The van der Waals surface area contributed by atoms with E-state index in [2.05, 4.69) is 4.98 Å². The number of nitrogens with zero attached hydrogens (tertiary/aromatic N) is 2. The van der Waals surface area contributed by atoms with Gasteiger partial charge in [-0.2, -0.15) is 5.26 Å². The molecule has 0 bridgehead atoms. The third-order valence-electron chi connectivity index (χ3n) is 2.65. The van der Waals surface area contributed by atoms with Crippen LogP contribution in [-0.4, -0.2) is 11.5 Å². The Kier molecular flexibility index (Phi) is 4.06. The second kappa shape index (κ2) is 5.94. The van der Waals surface area contributed by atoms with E-state index >= 15 is 0 Å². The Hall–Kier alpha value is -2.45. The number of aromatic nitrogens is 1. The molecule has 0 aliphatic heterocycles. The van der Waals surface area contributed by atoms with Crippen LogP contribution < -0.4 is 10.5 Å². The molecule has 0 saturated heterocycles. The Bertz CT molecular complexity index is 595. The zero-order chi connectivity index (χ0) is 13.7. The van der Waals surface area contributed by atoms with Gasteiger partial charge in [-0.1, -0.05) is 6.07 Å². The van der Waals surface area contributed by atoms with E-state index in [9.17, 15) is 4.39 Å². The van der Waals surface area contributed by atoms with Crippen LogP contribution in [0.4, 0.5) is 4.39 Å². The SMILES string of the molecule is N#Cc1c(F)cccc1OC(CN)c1ccncc1. The molecule has 4 nitrogen and oxygen atoms in total. The molecule has 1 aromatic heterocycles. The minimum Gasteiger partial charge on any atom is -0.483 e. The first-order chi connectivity index (χ1) is 9.26. The van der Waals surface area contributed by atoms with E-state index in [0.29, 0.717) is 0 Å². The maximum atomic E-state index is 13.5. The van der Waals surface area contributed by atoms with Crippen LogP contribution in [0.15, 0.2) is 42.7 Å². The van der Waals surface area contributed by atoms with E-state index in [4.69, 9.17) is 15.7 Å². The molecule has 5 heteroatoms. The first-order valence-electron chi connectivity index (χ1n) is 5.71. The van der Waals surface area contributed by atoms with Gasteiger partial charge in [-0.3, -0.25) is 4.98 Å². The third-order valence-corrected chi connectivity index (χ3v) is 2.65. The van der Waals surface area contributed by atoms with Gasteiger partial charge in [0.2, 0.25) is 0 Å². The van der Waals surface area contributed by atoms with Gasteiger partial charge in [0.15, 0.2) is 0 Å². The van der Waals surface area contributed by atoms with Crippen LogP contribution in [-0.2, 0) is 0 Å². The lowest BCUT2D eigenvalue weighted by Gasteiger charge is -2.18. The summed E-state index contributed by atoms with van der Waals surface area (Å²) in [5, 5.41) is 8.94. The van der Waals surface area contributed by atoms with Crippen LogP contribution in [0.3, 0.4) is 0 Å². The van der Waals surface area contributed by atoms with E-state index < -0.39 is 11.9 Å². The Labute approximate surface area is 110 Å². The van der Waals surface area contributed by atoms with Crippen molar-refractivity contribution in [3.05, 3.63) is 59.7 Å². The van der Waals surface area contributed by atoms with Crippen LogP contribution in [0.1, 0.15) is 17.2 Å². The lowest BCUT2D eigenvalue weighted by atomic mass is 10.1. The molecule has 96 valence electrons. The number of nitriles is 1. The molecular formula is C14H12FN3O. The quantitative estimate of drug-likeness (QED) is 0.911. The van der Waals surface area contributed by atoms with Crippen molar-refractivity contribution >= 4 is 0 Å². The number of benzene rings is 1. The molecule has 0 spiro atoms. The molecule has 0 aliphatic rings. The predicted octanol–water partition coefficient (Wildman–Crippen LogP) is 2.17. The third kappa shape index (κ3) is 2.87. The highest BCUT2D eigenvalue weighted by molar-refractivity contribution is 5.44. The van der Waals surface area contributed by atoms with Crippen LogP contribution in [0.2, 0.25) is 0 Å². The van der Waals surface area contributed by atoms with Crippen molar-refractivity contribution in [2.75, 3.05) is 6.54 Å². The first kappa shape index (κ1) is 13.0. The van der Waals surface area contributed by atoms with Crippen LogP contribution >= 0.6 is 0 Å². The van der Waals surface area contributed by atoms with Gasteiger partial charge in [0.25, 0.3) is 0 Å². The number of halogens is 1. The van der Waals surface area contributed by atoms with Gasteiger partial charge in [0.1, 0.15) is 29.3 Å². The summed E-state index contributed by atoms with van der Waals surface area (Å²) in [6.45, 7) is 0.214. The molecule has 1 atom stereocenters. The van der Waals surface area contributed by atoms with Gasteiger partial charge in [-0.05, 0) is 29.8 Å². The van der Waals surface area contributed by atoms with E-state index in [1.807, 2.05) is 0 Å². The summed E-state index contributed by atoms with van der Waals surface area (Å²) in [6, 6.07) is 9.58. The van der Waals surface area contributed by atoms with Crippen molar-refractivity contribution in [3.8, 4) is 11.8 Å². The van der Waals surface area contributed by atoms with Gasteiger partial charge in [0.05, 0.1) is 0 Å². The molecular weight excluding hydrogens is 245 g/mol. The first-order valence-corrected chi connectivity index (χ1v) is 5.71. The van der Waals surface area contributed by atoms with E-state index in [1.165, 1.54) is 12.1 Å². The van der Waals surface area contributed by atoms with E-state index in [-0.39, 0.29) is 17.9 Å². The predicted molar refractivity (Wildman–Crippen MR) is 67.8 cm³/mol. The summed E-state index contributed by atoms with van der Waals surface area (Å²) < 4.78 is 19.1.